The first kappa shape index (κ1) is 43.4. The number of aromatic amines is 2. The molecule has 2 aliphatic rings. The molecule has 4 aromatic rings. The lowest BCUT2D eigenvalue weighted by molar-refractivity contribution is -0.746. The topological polar surface area (TPSA) is 406 Å². The number of hydrogen-bond acceptors (Lipinski definition) is 20. The molecular formula is C23H34B2N10O18P4+2. The number of aliphatic hydroxyl groups is 4. The molecule has 2 unspecified atom stereocenters. The van der Waals surface area contributed by atoms with Gasteiger partial charge in [-0.3, -0.25) is 47.0 Å². The molecule has 0 aromatic carbocycles. The molecule has 0 saturated carbocycles. The van der Waals surface area contributed by atoms with Crippen molar-refractivity contribution in [3.63, 3.8) is 0 Å². The minimum atomic E-state index is -5.57. The van der Waals surface area contributed by atoms with Gasteiger partial charge in [0, 0.05) is 0 Å². The highest BCUT2D eigenvalue weighted by atomic mass is 31.3. The maximum atomic E-state index is 12.8. The molecule has 0 bridgehead atoms. The van der Waals surface area contributed by atoms with Gasteiger partial charge in [-0.05, 0) is 0 Å². The number of H-pyrrole nitrogens is 2. The highest BCUT2D eigenvalue weighted by Crippen LogP contribution is 2.70. The van der Waals surface area contributed by atoms with Crippen LogP contribution in [0, 0.1) is 0 Å². The lowest BCUT2D eigenvalue weighted by Crippen LogP contribution is -2.46. The van der Waals surface area contributed by atoms with E-state index in [1.807, 2.05) is 0 Å². The van der Waals surface area contributed by atoms with Gasteiger partial charge >= 0.3 is 26.5 Å². The van der Waals surface area contributed by atoms with E-state index in [0.29, 0.717) is 0 Å². The number of nitrogens with zero attached hydrogens (tertiary/aromatic N) is 6. The maximum Gasteiger partial charge on any atom is 0.346 e. The Kier molecular flexibility index (Phi) is 11.8. The van der Waals surface area contributed by atoms with E-state index in [-0.39, 0.29) is 34.2 Å². The molecule has 308 valence electrons. The van der Waals surface area contributed by atoms with E-state index in [0.717, 1.165) is 0 Å². The van der Waals surface area contributed by atoms with Crippen LogP contribution < -0.4 is 31.7 Å². The number of aryl methyl sites for hydroxylation is 2. The molecule has 2 fully saturated rings. The van der Waals surface area contributed by atoms with Crippen LogP contribution in [0.4, 0.5) is 11.9 Å². The largest absolute Gasteiger partial charge is 0.387 e. The van der Waals surface area contributed by atoms with E-state index < -0.39 is 109 Å². The number of aliphatic hydroxyl groups excluding tert-OH is 4. The van der Waals surface area contributed by atoms with Crippen LogP contribution in [0.3, 0.4) is 0 Å². The third-order valence-corrected chi connectivity index (χ3v) is 16.2. The van der Waals surface area contributed by atoms with Gasteiger partial charge in [0.25, 0.3) is 38.0 Å². The van der Waals surface area contributed by atoms with E-state index >= 15 is 0 Å². The van der Waals surface area contributed by atoms with Crippen LogP contribution in [0.5, 0.6) is 0 Å². The molecule has 6 rings (SSSR count). The number of hydrogen-bond donors (Lipinski definition) is 10. The molecule has 0 amide bonds. The van der Waals surface area contributed by atoms with Crippen LogP contribution in [-0.2, 0) is 59.5 Å². The summed E-state index contributed by atoms with van der Waals surface area (Å²) in [5, 5.41) is 42.5. The Labute approximate surface area is 320 Å². The van der Waals surface area contributed by atoms with Crippen LogP contribution in [0.15, 0.2) is 22.2 Å². The highest BCUT2D eigenvalue weighted by Gasteiger charge is 2.50. The summed E-state index contributed by atoms with van der Waals surface area (Å²) in [7, 11) is -7.71. The molecule has 34 heteroatoms. The molecule has 2 aliphatic heterocycles. The molecule has 4 radical (unpaired) electrons. The van der Waals surface area contributed by atoms with Gasteiger partial charge in [-0.15, -0.1) is 0 Å². The van der Waals surface area contributed by atoms with Gasteiger partial charge in [0.1, 0.15) is 36.6 Å². The van der Waals surface area contributed by atoms with Crippen LogP contribution in [0.25, 0.3) is 22.3 Å². The standard InChI is InChI=1S/C23H32B2N10O18P4/c1-32-5-34(16-10(32)18(40)30-22(26)28-16)20-14(38)12(36)8(50-20)3-48-56(24,46)52-54(42,43)7-55(44,45)53-57(25,47)49-4-9-13(37)15(39)21(51-9)35-6-33(2)11-17(35)29-23(27)31-19(11)41/h5-6,8-9,12-15,20-21,36-39H,3-4,7H2,1-2H3,(H6-2,26,27,28,29,30,31,40,41,42,43,44,45)/p+2/t8-,9-,12-,13-,14-,15-,20-,21-,56-,57+/m1/s1. The van der Waals surface area contributed by atoms with Gasteiger partial charge in [-0.2, -0.15) is 0 Å². The third-order valence-electron chi connectivity index (χ3n) is 8.48. The van der Waals surface area contributed by atoms with Crippen molar-refractivity contribution in [2.75, 3.05) is 30.6 Å². The maximum absolute atomic E-state index is 12.8. The number of aromatic nitrogens is 8. The minimum Gasteiger partial charge on any atom is -0.387 e. The molecule has 2 saturated heterocycles. The SMILES string of the molecule is [B][P@](=O)(OC[C@H]1O[C@@H]([n+]2cn(C)c3c(=O)[nH]c(N)nc32)[C@H](O)[C@@H]1O)OP(=O)(O)CP(=O)(O)O[P@]([B])(=O)OC[C@H]1O[C@@H]([n+]2cn(C)c3c(=O)[nH]c(N)nc32)[C@H](O)[C@@H]1O. The van der Waals surface area contributed by atoms with E-state index in [1.54, 1.807) is 0 Å². The Bertz CT molecular complexity index is 2370. The van der Waals surface area contributed by atoms with Crippen molar-refractivity contribution in [1.82, 2.24) is 29.1 Å². The van der Waals surface area contributed by atoms with Crippen molar-refractivity contribution in [2.45, 2.75) is 49.1 Å². The molecule has 57 heavy (non-hydrogen) atoms. The van der Waals surface area contributed by atoms with Crippen molar-refractivity contribution in [2.24, 2.45) is 14.1 Å². The zero-order valence-corrected chi connectivity index (χ0v) is 32.8. The Hall–Kier alpha value is -3.13. The number of nitrogens with one attached hydrogen (secondary N) is 2. The average molecular weight is 884 g/mol. The Balaban J connectivity index is 1.04. The van der Waals surface area contributed by atoms with Gasteiger partial charge < -0.3 is 60.2 Å². The fraction of sp³-hybridized carbons (Fsp3) is 0.565. The molecule has 0 spiro atoms. The number of ether oxygens (including phenoxy) is 2. The monoisotopic (exact) mass is 884 g/mol. The summed E-state index contributed by atoms with van der Waals surface area (Å²) in [5.74, 6) is -2.47. The molecule has 4 aromatic heterocycles. The van der Waals surface area contributed by atoms with Crippen molar-refractivity contribution in [3.05, 3.63) is 33.4 Å². The smallest absolute Gasteiger partial charge is 0.346 e. The second kappa shape index (κ2) is 15.5. The molecule has 6 heterocycles. The number of rotatable bonds is 14. The number of fused-ring (bicyclic) bond motifs is 2. The predicted molar refractivity (Wildman–Crippen MR) is 189 cm³/mol. The van der Waals surface area contributed by atoms with Crippen molar-refractivity contribution >= 4 is 79.5 Å². The fourth-order valence-corrected chi connectivity index (χ4v) is 13.2. The molecular weight excluding hydrogens is 850 g/mol. The van der Waals surface area contributed by atoms with Crippen LogP contribution in [0.1, 0.15) is 12.5 Å². The number of anilines is 2. The van der Waals surface area contributed by atoms with E-state index in [1.165, 1.54) is 45.0 Å². The fourth-order valence-electron chi connectivity index (χ4n) is 6.14. The van der Waals surface area contributed by atoms with E-state index in [4.69, 9.17) is 45.1 Å². The highest BCUT2D eigenvalue weighted by molar-refractivity contribution is 7.88. The summed E-state index contributed by atoms with van der Waals surface area (Å²) in [6.45, 7) is -1.93. The third kappa shape index (κ3) is 9.06. The molecule has 12 N–H and O–H groups in total. The first-order valence-electron chi connectivity index (χ1n) is 16.0. The van der Waals surface area contributed by atoms with Crippen LogP contribution in [-0.4, -0.2) is 130 Å². The van der Waals surface area contributed by atoms with Crippen molar-refractivity contribution in [3.8, 4) is 0 Å². The van der Waals surface area contributed by atoms with Crippen LogP contribution >= 0.6 is 30.1 Å². The summed E-state index contributed by atoms with van der Waals surface area (Å²) in [4.78, 5) is 57.8. The van der Waals surface area contributed by atoms with Gasteiger partial charge in [0.2, 0.25) is 38.6 Å². The second-order valence-electron chi connectivity index (χ2n) is 12.9. The van der Waals surface area contributed by atoms with E-state index in [9.17, 15) is 58.1 Å². The first-order valence-corrected chi connectivity index (χ1v) is 22.7. The normalized spacial score (nSPS) is 29.6. The molecule has 12 atom stereocenters. The zero-order valence-electron chi connectivity index (χ0n) is 29.3. The molecule has 28 nitrogen and oxygen atoms in total. The second-order valence-corrected chi connectivity index (χ2v) is 20.5. The van der Waals surface area contributed by atoms with Gasteiger partial charge in [0.15, 0.2) is 18.6 Å². The number of imidazole rings is 2. The summed E-state index contributed by atoms with van der Waals surface area (Å²) in [6, 6.07) is 0. The lowest BCUT2D eigenvalue weighted by atomic mass is 10.1. The Morgan fingerprint density at radius 2 is 1.09 bits per heavy atom. The van der Waals surface area contributed by atoms with Gasteiger partial charge in [0.05, 0.1) is 27.3 Å². The Morgan fingerprint density at radius 3 is 1.44 bits per heavy atom. The van der Waals surface area contributed by atoms with Crippen LogP contribution in [0.2, 0.25) is 0 Å². The quantitative estimate of drug-likeness (QED) is 0.0324. The minimum absolute atomic E-state index is 0.0205. The summed E-state index contributed by atoms with van der Waals surface area (Å²) in [5.41, 5.74) is 9.94. The zero-order chi connectivity index (χ0) is 42.2. The number of nitrogens with two attached hydrogens (primary N) is 2. The van der Waals surface area contributed by atoms with Gasteiger partial charge in [-0.1, -0.05) is 9.97 Å². The van der Waals surface area contributed by atoms with E-state index in [2.05, 4.69) is 28.6 Å². The summed E-state index contributed by atoms with van der Waals surface area (Å²) < 4.78 is 85.9. The van der Waals surface area contributed by atoms with Crippen molar-refractivity contribution in [1.29, 1.82) is 0 Å². The Morgan fingerprint density at radius 1 is 0.737 bits per heavy atom. The summed E-state index contributed by atoms with van der Waals surface area (Å²) >= 11 is 0. The van der Waals surface area contributed by atoms with Gasteiger partial charge in [-0.25, -0.2) is 17.8 Å². The average Bonchev–Trinajstić information content (AvgIpc) is 3.74. The lowest BCUT2D eigenvalue weighted by Gasteiger charge is -2.24. The first-order chi connectivity index (χ1) is 26.3. The predicted octanol–water partition coefficient (Wildman–Crippen LogP) is -4.54. The number of nitrogen functional groups attached to an aromatic ring is 2. The molecule has 0 aliphatic carbocycles. The summed E-state index contributed by atoms with van der Waals surface area (Å²) in [6.07, 6.45) is -10.3. The van der Waals surface area contributed by atoms with Crippen molar-refractivity contribution < 1.29 is 84.7 Å².